The molecule has 1 aromatic carbocycles. The molecule has 1 saturated heterocycles. The number of carbonyl (C=O) groups excluding carboxylic acids is 1. The Hall–Kier alpha value is -0.770. The fourth-order valence-electron chi connectivity index (χ4n) is 3.70. The van der Waals surface area contributed by atoms with Gasteiger partial charge in [-0.2, -0.15) is 0 Å². The second kappa shape index (κ2) is 12.3. The number of nitrogens with one attached hydrogen (secondary N) is 2. The van der Waals surface area contributed by atoms with Gasteiger partial charge in [0.2, 0.25) is 5.91 Å². The van der Waals surface area contributed by atoms with Crippen molar-refractivity contribution >= 4 is 59.0 Å². The fraction of sp³-hybridized carbons (Fsp3) is 0.619. The average Bonchev–Trinajstić information content (AvgIpc) is 2.68. The highest BCUT2D eigenvalue weighted by Crippen LogP contribution is 2.28. The van der Waals surface area contributed by atoms with Crippen LogP contribution >= 0.6 is 47.2 Å². The molecule has 1 heterocycles. The van der Waals surface area contributed by atoms with E-state index in [9.17, 15) is 4.79 Å². The number of nitrogens with zero attached hydrogens (tertiary/aromatic N) is 3. The predicted molar refractivity (Wildman–Crippen MR) is 135 cm³/mol. The Kier molecular flexibility index (Phi) is 10.5. The van der Waals surface area contributed by atoms with Crippen molar-refractivity contribution in [1.29, 1.82) is 0 Å². The summed E-state index contributed by atoms with van der Waals surface area (Å²) < 4.78 is 0. The van der Waals surface area contributed by atoms with Crippen molar-refractivity contribution in [3.8, 4) is 0 Å². The molecule has 1 atom stereocenters. The Labute approximate surface area is 206 Å². The average molecular weight is 568 g/mol. The Morgan fingerprint density at radius 2 is 1.90 bits per heavy atom. The zero-order chi connectivity index (χ0) is 20.8. The largest absolute Gasteiger partial charge is 0.355 e. The van der Waals surface area contributed by atoms with Crippen molar-refractivity contribution in [3.05, 3.63) is 33.8 Å². The van der Waals surface area contributed by atoms with Crippen LogP contribution in [0.25, 0.3) is 0 Å². The summed E-state index contributed by atoms with van der Waals surface area (Å²) in [6, 6.07) is 5.70. The Bertz CT molecular complexity index is 736. The maximum absolute atomic E-state index is 12.3. The van der Waals surface area contributed by atoms with Gasteiger partial charge in [-0.05, 0) is 37.5 Å². The number of amides is 1. The van der Waals surface area contributed by atoms with Crippen LogP contribution in [0.1, 0.15) is 37.8 Å². The molecule has 1 aliphatic carbocycles. The number of aliphatic imine (C=N–C) groups is 1. The highest BCUT2D eigenvalue weighted by atomic mass is 127. The lowest BCUT2D eigenvalue weighted by Crippen LogP contribution is -2.52. The lowest BCUT2D eigenvalue weighted by atomic mass is 9.84. The molecule has 3 rings (SSSR count). The molecule has 30 heavy (non-hydrogen) atoms. The zero-order valence-electron chi connectivity index (χ0n) is 17.7. The Morgan fingerprint density at radius 1 is 1.20 bits per heavy atom. The number of hydrogen-bond donors (Lipinski definition) is 2. The molecule has 2 N–H and O–H groups in total. The normalized spacial score (nSPS) is 18.9. The van der Waals surface area contributed by atoms with Crippen molar-refractivity contribution in [2.75, 3.05) is 46.3 Å². The van der Waals surface area contributed by atoms with Crippen LogP contribution in [-0.4, -0.2) is 68.0 Å². The highest BCUT2D eigenvalue weighted by Gasteiger charge is 2.31. The van der Waals surface area contributed by atoms with Gasteiger partial charge < -0.3 is 15.5 Å². The first-order chi connectivity index (χ1) is 14.0. The lowest BCUT2D eigenvalue weighted by molar-refractivity contribution is -0.139. The molecule has 1 aromatic rings. The minimum atomic E-state index is 0. The number of rotatable bonds is 6. The molecular weight excluding hydrogens is 536 g/mol. The van der Waals surface area contributed by atoms with Gasteiger partial charge in [-0.15, -0.1) is 24.0 Å². The molecule has 0 spiro atoms. The lowest BCUT2D eigenvalue weighted by Gasteiger charge is -2.38. The van der Waals surface area contributed by atoms with Crippen molar-refractivity contribution in [2.45, 2.75) is 32.2 Å². The third-order valence-corrected chi connectivity index (χ3v) is 6.62. The van der Waals surface area contributed by atoms with Gasteiger partial charge in [0.15, 0.2) is 5.96 Å². The van der Waals surface area contributed by atoms with E-state index < -0.39 is 0 Å². The van der Waals surface area contributed by atoms with Gasteiger partial charge >= 0.3 is 0 Å². The first-order valence-electron chi connectivity index (χ1n) is 10.4. The Morgan fingerprint density at radius 3 is 2.47 bits per heavy atom. The van der Waals surface area contributed by atoms with E-state index in [2.05, 4.69) is 27.4 Å². The minimum absolute atomic E-state index is 0. The highest BCUT2D eigenvalue weighted by molar-refractivity contribution is 14.0. The second-order valence-corrected chi connectivity index (χ2v) is 8.65. The van der Waals surface area contributed by atoms with Crippen LogP contribution in [0.5, 0.6) is 0 Å². The van der Waals surface area contributed by atoms with Crippen molar-refractivity contribution in [2.24, 2.45) is 10.9 Å². The summed E-state index contributed by atoms with van der Waals surface area (Å²) in [5.74, 6) is 1.42. The maximum atomic E-state index is 12.3. The summed E-state index contributed by atoms with van der Waals surface area (Å²) in [5, 5.41) is 7.86. The van der Waals surface area contributed by atoms with Crippen LogP contribution in [0.4, 0.5) is 0 Å². The molecule has 6 nitrogen and oxygen atoms in total. The molecule has 1 unspecified atom stereocenters. The van der Waals surface area contributed by atoms with Gasteiger partial charge in [-0.3, -0.25) is 14.7 Å². The molecule has 1 saturated carbocycles. The third-order valence-electron chi connectivity index (χ3n) is 5.88. The molecule has 2 aliphatic rings. The van der Waals surface area contributed by atoms with Crippen LogP contribution in [-0.2, 0) is 4.79 Å². The van der Waals surface area contributed by atoms with Gasteiger partial charge in [-0.25, -0.2) is 0 Å². The maximum Gasteiger partial charge on any atom is 0.225 e. The molecule has 9 heteroatoms. The minimum Gasteiger partial charge on any atom is -0.355 e. The van der Waals surface area contributed by atoms with Gasteiger partial charge in [-0.1, -0.05) is 35.7 Å². The van der Waals surface area contributed by atoms with Crippen LogP contribution in [0.3, 0.4) is 0 Å². The summed E-state index contributed by atoms with van der Waals surface area (Å²) in [6.45, 7) is 7.34. The van der Waals surface area contributed by atoms with Gasteiger partial charge in [0.1, 0.15) is 0 Å². The molecule has 1 aliphatic heterocycles. The molecule has 1 amide bonds. The van der Waals surface area contributed by atoms with E-state index >= 15 is 0 Å². The summed E-state index contributed by atoms with van der Waals surface area (Å²) >= 11 is 12.1. The summed E-state index contributed by atoms with van der Waals surface area (Å²) in [6.07, 6.45) is 3.37. The number of carbonyl (C=O) groups is 1. The number of halogens is 3. The quantitative estimate of drug-likeness (QED) is 0.312. The molecule has 2 fully saturated rings. The van der Waals surface area contributed by atoms with E-state index in [1.807, 2.05) is 23.1 Å². The Balaban J connectivity index is 0.00000320. The summed E-state index contributed by atoms with van der Waals surface area (Å²) in [7, 11) is 1.77. The predicted octanol–water partition coefficient (Wildman–Crippen LogP) is 3.78. The van der Waals surface area contributed by atoms with E-state index in [1.54, 1.807) is 7.05 Å². The SMILES string of the molecule is CN=C(NCCN1CCN(C(=O)C2CCC2)CC1)NC(C)c1ccc(Cl)c(Cl)c1.I. The van der Waals surface area contributed by atoms with E-state index in [-0.39, 0.29) is 30.0 Å². The number of hydrogen-bond acceptors (Lipinski definition) is 3. The van der Waals surface area contributed by atoms with Crippen LogP contribution in [0, 0.1) is 5.92 Å². The van der Waals surface area contributed by atoms with Crippen molar-refractivity contribution < 1.29 is 4.79 Å². The van der Waals surface area contributed by atoms with E-state index in [0.717, 1.165) is 63.6 Å². The second-order valence-electron chi connectivity index (χ2n) is 7.83. The number of guanidine groups is 1. The number of piperazine rings is 1. The van der Waals surface area contributed by atoms with Gasteiger partial charge in [0.25, 0.3) is 0 Å². The summed E-state index contributed by atoms with van der Waals surface area (Å²) in [5.41, 5.74) is 1.05. The zero-order valence-corrected chi connectivity index (χ0v) is 21.5. The van der Waals surface area contributed by atoms with Gasteiger partial charge in [0, 0.05) is 52.2 Å². The number of benzene rings is 1. The van der Waals surface area contributed by atoms with Crippen LogP contribution < -0.4 is 10.6 Å². The molecule has 0 bridgehead atoms. The van der Waals surface area contributed by atoms with E-state index in [4.69, 9.17) is 23.2 Å². The summed E-state index contributed by atoms with van der Waals surface area (Å²) in [4.78, 5) is 21.1. The first kappa shape index (κ1) is 25.5. The molecule has 168 valence electrons. The molecular formula is C21H32Cl2IN5O. The molecule has 0 radical (unpaired) electrons. The fourth-order valence-corrected chi connectivity index (χ4v) is 4.01. The topological polar surface area (TPSA) is 60.0 Å². The van der Waals surface area contributed by atoms with Crippen LogP contribution in [0.15, 0.2) is 23.2 Å². The molecule has 0 aromatic heterocycles. The van der Waals surface area contributed by atoms with Gasteiger partial charge in [0.05, 0.1) is 16.1 Å². The third kappa shape index (κ3) is 6.87. The van der Waals surface area contributed by atoms with E-state index in [0.29, 0.717) is 21.9 Å². The van der Waals surface area contributed by atoms with Crippen molar-refractivity contribution in [1.82, 2.24) is 20.4 Å². The van der Waals surface area contributed by atoms with E-state index in [1.165, 1.54) is 6.42 Å². The van der Waals surface area contributed by atoms with Crippen LogP contribution in [0.2, 0.25) is 10.0 Å². The monoisotopic (exact) mass is 567 g/mol. The van der Waals surface area contributed by atoms with Crippen molar-refractivity contribution in [3.63, 3.8) is 0 Å². The smallest absolute Gasteiger partial charge is 0.225 e. The standard InChI is InChI=1S/C21H31Cl2N5O.HI/c1-15(17-6-7-18(22)19(23)14-17)26-21(24-2)25-8-9-27-10-12-28(13-11-27)20(29)16-4-3-5-16;/h6-7,14-16H,3-5,8-13H2,1-2H3,(H2,24,25,26);1H. The first-order valence-corrected chi connectivity index (χ1v) is 11.2.